The topological polar surface area (TPSA) is 71.5 Å². The molecule has 3 aromatic rings. The molecular formula is C18H10F5NO4S2. The van der Waals surface area contributed by atoms with Gasteiger partial charge in [0, 0.05) is 0 Å². The van der Waals surface area contributed by atoms with Crippen LogP contribution in [0.25, 0.3) is 0 Å². The Balaban J connectivity index is 2.46. The summed E-state index contributed by atoms with van der Waals surface area (Å²) in [6, 6.07) is 11.0. The molecular weight excluding hydrogens is 453 g/mol. The van der Waals surface area contributed by atoms with Crippen molar-refractivity contribution in [2.45, 2.75) is 9.79 Å². The molecule has 0 saturated heterocycles. The van der Waals surface area contributed by atoms with E-state index in [0.717, 1.165) is 24.3 Å². The lowest BCUT2D eigenvalue weighted by atomic mass is 10.2. The Kier molecular flexibility index (Phi) is 5.56. The summed E-state index contributed by atoms with van der Waals surface area (Å²) in [5.41, 5.74) is -2.14. The van der Waals surface area contributed by atoms with E-state index in [1.54, 1.807) is 0 Å². The zero-order valence-corrected chi connectivity index (χ0v) is 16.2. The minimum Gasteiger partial charge on any atom is -0.201 e. The van der Waals surface area contributed by atoms with E-state index in [1.165, 1.54) is 36.4 Å². The van der Waals surface area contributed by atoms with Crippen LogP contribution in [-0.4, -0.2) is 16.8 Å². The van der Waals surface area contributed by atoms with Gasteiger partial charge in [0.1, 0.15) is 5.69 Å². The van der Waals surface area contributed by atoms with Crippen molar-refractivity contribution in [1.82, 2.24) is 0 Å². The minimum absolute atomic E-state index is 0.756. The third kappa shape index (κ3) is 3.41. The van der Waals surface area contributed by atoms with Gasteiger partial charge in [-0.25, -0.2) is 38.8 Å². The maximum Gasteiger partial charge on any atom is 0.277 e. The summed E-state index contributed by atoms with van der Waals surface area (Å²) in [5.74, 6) is -12.8. The van der Waals surface area contributed by atoms with Crippen LogP contribution in [0, 0.1) is 29.1 Å². The molecule has 5 nitrogen and oxygen atoms in total. The second kappa shape index (κ2) is 7.69. The molecule has 0 N–H and O–H groups in total. The molecule has 12 heteroatoms. The van der Waals surface area contributed by atoms with E-state index in [0.29, 0.717) is 0 Å². The van der Waals surface area contributed by atoms with Gasteiger partial charge in [-0.15, -0.1) is 3.71 Å². The monoisotopic (exact) mass is 463 g/mol. The molecule has 0 amide bonds. The Hall–Kier alpha value is -2.99. The molecule has 0 fully saturated rings. The van der Waals surface area contributed by atoms with Gasteiger partial charge in [0.2, 0.25) is 5.82 Å². The normalized spacial score (nSPS) is 12.0. The van der Waals surface area contributed by atoms with Crippen molar-refractivity contribution in [3.8, 4) is 0 Å². The highest BCUT2D eigenvalue weighted by atomic mass is 32.3. The van der Waals surface area contributed by atoms with Gasteiger partial charge >= 0.3 is 0 Å². The number of hydrogen-bond acceptors (Lipinski definition) is 4. The first-order valence-corrected chi connectivity index (χ1v) is 10.8. The van der Waals surface area contributed by atoms with E-state index >= 15 is 0 Å². The summed E-state index contributed by atoms with van der Waals surface area (Å²) in [6.07, 6.45) is 0. The summed E-state index contributed by atoms with van der Waals surface area (Å²) in [6.45, 7) is 0. The number of benzene rings is 3. The van der Waals surface area contributed by atoms with E-state index in [1.807, 2.05) is 0 Å². The van der Waals surface area contributed by atoms with Crippen LogP contribution >= 0.6 is 0 Å². The summed E-state index contributed by atoms with van der Waals surface area (Å²) in [5, 5.41) is 0. The van der Waals surface area contributed by atoms with Crippen LogP contribution in [-0.2, 0) is 20.0 Å². The van der Waals surface area contributed by atoms with Crippen LogP contribution in [0.4, 0.5) is 27.6 Å². The van der Waals surface area contributed by atoms with E-state index in [2.05, 4.69) is 0 Å². The Morgan fingerprint density at radius 2 is 0.800 bits per heavy atom. The fourth-order valence-electron chi connectivity index (χ4n) is 2.50. The fraction of sp³-hybridized carbons (Fsp3) is 0. The van der Waals surface area contributed by atoms with E-state index in [-0.39, 0.29) is 0 Å². The van der Waals surface area contributed by atoms with Gasteiger partial charge in [0.15, 0.2) is 23.3 Å². The molecule has 0 saturated carbocycles. The van der Waals surface area contributed by atoms with Crippen LogP contribution in [0.5, 0.6) is 0 Å². The molecule has 0 unspecified atom stereocenters. The van der Waals surface area contributed by atoms with Gasteiger partial charge < -0.3 is 0 Å². The lowest BCUT2D eigenvalue weighted by Gasteiger charge is -2.25. The zero-order chi connectivity index (χ0) is 22.3. The number of rotatable bonds is 5. The van der Waals surface area contributed by atoms with Crippen molar-refractivity contribution < 1.29 is 38.8 Å². The van der Waals surface area contributed by atoms with Gasteiger partial charge in [0.25, 0.3) is 20.0 Å². The minimum atomic E-state index is -5.34. The van der Waals surface area contributed by atoms with Gasteiger partial charge in [-0.05, 0) is 24.3 Å². The van der Waals surface area contributed by atoms with Crippen LogP contribution in [0.3, 0.4) is 0 Å². The molecule has 0 aromatic heterocycles. The summed E-state index contributed by atoms with van der Waals surface area (Å²) in [7, 11) is -10.7. The standard InChI is InChI=1S/C18H10F5NO4S2/c19-13-14(20)16(22)18(17(23)15(13)21)24(29(25,26)11-7-3-1-4-8-11)30(27,28)12-9-5-2-6-10-12/h1-10H. The van der Waals surface area contributed by atoms with Crippen LogP contribution in [0.15, 0.2) is 70.5 Å². The molecule has 0 radical (unpaired) electrons. The van der Waals surface area contributed by atoms with Gasteiger partial charge in [-0.2, -0.15) is 0 Å². The largest absolute Gasteiger partial charge is 0.277 e. The molecule has 3 rings (SSSR count). The van der Waals surface area contributed by atoms with Crippen molar-refractivity contribution in [2.24, 2.45) is 0 Å². The van der Waals surface area contributed by atoms with Crippen molar-refractivity contribution in [3.05, 3.63) is 89.7 Å². The first kappa shape index (κ1) is 21.7. The van der Waals surface area contributed by atoms with Crippen LogP contribution < -0.4 is 3.71 Å². The maximum atomic E-state index is 14.5. The Bertz CT molecular complexity index is 1220. The SMILES string of the molecule is O=S(=O)(c1ccccc1)N(c1c(F)c(F)c(F)c(F)c1F)S(=O)(=O)c1ccccc1. The first-order valence-electron chi connectivity index (χ1n) is 7.93. The molecule has 0 aliphatic heterocycles. The number of halogens is 5. The zero-order valence-electron chi connectivity index (χ0n) is 14.6. The average molecular weight is 463 g/mol. The molecule has 0 heterocycles. The smallest absolute Gasteiger partial charge is 0.201 e. The first-order chi connectivity index (χ1) is 14.0. The van der Waals surface area contributed by atoms with Crippen molar-refractivity contribution in [1.29, 1.82) is 0 Å². The molecule has 0 aliphatic carbocycles. The molecule has 0 aliphatic rings. The number of hydrogen-bond donors (Lipinski definition) is 0. The van der Waals surface area contributed by atoms with Gasteiger partial charge in [0.05, 0.1) is 9.79 Å². The van der Waals surface area contributed by atoms with Gasteiger partial charge in [-0.3, -0.25) is 0 Å². The highest BCUT2D eigenvalue weighted by Crippen LogP contribution is 2.37. The third-order valence-electron chi connectivity index (χ3n) is 3.89. The van der Waals surface area contributed by atoms with Crippen LogP contribution in [0.2, 0.25) is 0 Å². The maximum absolute atomic E-state index is 14.5. The predicted molar refractivity (Wildman–Crippen MR) is 96.0 cm³/mol. The van der Waals surface area contributed by atoms with Crippen molar-refractivity contribution >= 4 is 25.7 Å². The van der Waals surface area contributed by atoms with E-state index in [4.69, 9.17) is 0 Å². The number of nitrogens with zero attached hydrogens (tertiary/aromatic N) is 1. The second-order valence-electron chi connectivity index (χ2n) is 5.75. The highest BCUT2D eigenvalue weighted by molar-refractivity contribution is 8.10. The lowest BCUT2D eigenvalue weighted by molar-refractivity contribution is 0.381. The molecule has 0 atom stereocenters. The second-order valence-corrected chi connectivity index (χ2v) is 9.56. The van der Waals surface area contributed by atoms with Crippen molar-refractivity contribution in [3.63, 3.8) is 0 Å². The molecule has 3 aromatic carbocycles. The highest BCUT2D eigenvalue weighted by Gasteiger charge is 2.43. The van der Waals surface area contributed by atoms with Crippen molar-refractivity contribution in [2.75, 3.05) is 3.71 Å². The number of sulfonamides is 2. The Morgan fingerprint density at radius 3 is 1.13 bits per heavy atom. The fourth-order valence-corrected chi connectivity index (χ4v) is 6.24. The predicted octanol–water partition coefficient (Wildman–Crippen LogP) is 3.97. The lowest BCUT2D eigenvalue weighted by Crippen LogP contribution is -2.39. The third-order valence-corrected chi connectivity index (χ3v) is 8.04. The Labute approximate surface area is 168 Å². The van der Waals surface area contributed by atoms with Crippen LogP contribution in [0.1, 0.15) is 0 Å². The van der Waals surface area contributed by atoms with E-state index in [9.17, 15) is 38.8 Å². The van der Waals surface area contributed by atoms with Gasteiger partial charge in [-0.1, -0.05) is 36.4 Å². The molecule has 158 valence electrons. The molecule has 0 bridgehead atoms. The molecule has 0 spiro atoms. The Morgan fingerprint density at radius 1 is 0.500 bits per heavy atom. The quantitative estimate of drug-likeness (QED) is 0.326. The summed E-state index contributed by atoms with van der Waals surface area (Å²) < 4.78 is 121. The summed E-state index contributed by atoms with van der Waals surface area (Å²) >= 11 is 0. The molecule has 30 heavy (non-hydrogen) atoms. The summed E-state index contributed by atoms with van der Waals surface area (Å²) in [4.78, 5) is -1.51. The van der Waals surface area contributed by atoms with E-state index < -0.39 is 68.3 Å². The average Bonchev–Trinajstić information content (AvgIpc) is 2.74. The number of anilines is 1.